The Hall–Kier alpha value is -2.37. The molecule has 1 saturated carbocycles. The normalized spacial score (nSPS) is 20.7. The number of carbonyl (C=O) groups is 3. The number of hydrogen-bond donors (Lipinski definition) is 1. The summed E-state index contributed by atoms with van der Waals surface area (Å²) < 4.78 is 10.8. The van der Waals surface area contributed by atoms with Crippen molar-refractivity contribution < 1.29 is 23.9 Å². The minimum Gasteiger partial charge on any atom is -0.483 e. The highest BCUT2D eigenvalue weighted by Crippen LogP contribution is 2.27. The van der Waals surface area contributed by atoms with Crippen molar-refractivity contribution in [2.24, 2.45) is 5.92 Å². The monoisotopic (exact) mass is 319 g/mol. The number of anilines is 1. The number of carbonyl (C=O) groups excluding carboxylic acids is 3. The van der Waals surface area contributed by atoms with Gasteiger partial charge in [0.15, 0.2) is 11.9 Å². The van der Waals surface area contributed by atoms with Gasteiger partial charge in [0.25, 0.3) is 0 Å². The smallest absolute Gasteiger partial charge is 0.309 e. The average Bonchev–Trinajstić information content (AvgIpc) is 2.49. The molecule has 1 aliphatic rings. The Morgan fingerprint density at radius 3 is 2.83 bits per heavy atom. The van der Waals surface area contributed by atoms with Gasteiger partial charge in [-0.2, -0.15) is 0 Å². The van der Waals surface area contributed by atoms with Gasteiger partial charge in [0, 0.05) is 31.5 Å². The van der Waals surface area contributed by atoms with Crippen LogP contribution in [0.2, 0.25) is 0 Å². The van der Waals surface area contributed by atoms with E-state index in [2.05, 4.69) is 5.32 Å². The van der Waals surface area contributed by atoms with Crippen LogP contribution < -0.4 is 10.1 Å². The fourth-order valence-corrected chi connectivity index (χ4v) is 2.59. The lowest BCUT2D eigenvalue weighted by Gasteiger charge is -2.27. The zero-order valence-corrected chi connectivity index (χ0v) is 13.3. The van der Waals surface area contributed by atoms with Crippen molar-refractivity contribution in [3.05, 3.63) is 24.3 Å². The molecule has 2 unspecified atom stereocenters. The van der Waals surface area contributed by atoms with Crippen molar-refractivity contribution in [3.8, 4) is 5.75 Å². The molecule has 0 bridgehead atoms. The summed E-state index contributed by atoms with van der Waals surface area (Å²) in [6, 6.07) is 6.84. The topological polar surface area (TPSA) is 81.7 Å². The van der Waals surface area contributed by atoms with Gasteiger partial charge in [-0.25, -0.2) is 0 Å². The van der Waals surface area contributed by atoms with Gasteiger partial charge in [-0.05, 0) is 25.5 Å². The van der Waals surface area contributed by atoms with Crippen LogP contribution in [-0.4, -0.2) is 30.4 Å². The fraction of sp³-hybridized carbons (Fsp3) is 0.471. The molecular weight excluding hydrogens is 298 g/mol. The van der Waals surface area contributed by atoms with Gasteiger partial charge in [-0.15, -0.1) is 0 Å². The van der Waals surface area contributed by atoms with Gasteiger partial charge in [0.05, 0.1) is 12.5 Å². The summed E-state index contributed by atoms with van der Waals surface area (Å²) in [5, 5.41) is 2.66. The molecule has 1 amide bonds. The maximum absolute atomic E-state index is 12.0. The van der Waals surface area contributed by atoms with Gasteiger partial charge in [-0.3, -0.25) is 14.4 Å². The van der Waals surface area contributed by atoms with Crippen molar-refractivity contribution in [2.75, 3.05) is 11.9 Å². The Labute approximate surface area is 135 Å². The van der Waals surface area contributed by atoms with E-state index < -0.39 is 6.10 Å². The molecule has 0 radical (unpaired) electrons. The number of nitrogens with one attached hydrogen (secondary N) is 1. The molecule has 23 heavy (non-hydrogen) atoms. The molecule has 2 atom stereocenters. The third kappa shape index (κ3) is 4.81. The number of ketones is 1. The maximum Gasteiger partial charge on any atom is 0.309 e. The fourth-order valence-electron chi connectivity index (χ4n) is 2.59. The van der Waals surface area contributed by atoms with Gasteiger partial charge in [0.1, 0.15) is 5.75 Å². The molecule has 2 rings (SSSR count). The molecule has 0 heterocycles. The average molecular weight is 319 g/mol. The van der Waals surface area contributed by atoms with Gasteiger partial charge in [-0.1, -0.05) is 6.07 Å². The van der Waals surface area contributed by atoms with E-state index in [0.717, 1.165) is 0 Å². The van der Waals surface area contributed by atoms with E-state index >= 15 is 0 Å². The summed E-state index contributed by atoms with van der Waals surface area (Å²) in [4.78, 5) is 35.0. The lowest BCUT2D eigenvalue weighted by atomic mass is 9.86. The standard InChI is InChI=1S/C17H21NO5/c1-3-22-17(21)12-7-8-15(20)16(9-12)23-14-6-4-5-13(10-14)18-11(2)19/h4-6,10,12,16H,3,7-9H2,1-2H3,(H,18,19). The molecule has 124 valence electrons. The summed E-state index contributed by atoms with van der Waals surface area (Å²) in [5.74, 6) is -0.301. The number of Topliss-reactive ketones (excluding diaryl/α,β-unsaturated/α-hetero) is 1. The van der Waals surface area contributed by atoms with E-state index in [1.54, 1.807) is 31.2 Å². The summed E-state index contributed by atoms with van der Waals surface area (Å²) in [5.41, 5.74) is 0.597. The van der Waals surface area contributed by atoms with Crippen LogP contribution in [-0.2, 0) is 19.1 Å². The van der Waals surface area contributed by atoms with Gasteiger partial charge in [0.2, 0.25) is 5.91 Å². The molecule has 0 spiro atoms. The first-order valence-electron chi connectivity index (χ1n) is 7.73. The molecular formula is C17H21NO5. The van der Waals surface area contributed by atoms with Crippen molar-refractivity contribution in [1.82, 2.24) is 0 Å². The van der Waals surface area contributed by atoms with E-state index in [1.165, 1.54) is 6.92 Å². The molecule has 0 aromatic heterocycles. The quantitative estimate of drug-likeness (QED) is 0.842. The van der Waals surface area contributed by atoms with Crippen LogP contribution in [0.25, 0.3) is 0 Å². The van der Waals surface area contributed by atoms with E-state index in [0.29, 0.717) is 37.3 Å². The van der Waals surface area contributed by atoms with Crippen LogP contribution >= 0.6 is 0 Å². The Morgan fingerprint density at radius 2 is 2.13 bits per heavy atom. The predicted molar refractivity (Wildman–Crippen MR) is 84.1 cm³/mol. The Bertz CT molecular complexity index is 598. The van der Waals surface area contributed by atoms with E-state index in [4.69, 9.17) is 9.47 Å². The van der Waals surface area contributed by atoms with Crippen LogP contribution in [0.1, 0.15) is 33.1 Å². The van der Waals surface area contributed by atoms with E-state index in [9.17, 15) is 14.4 Å². The highest BCUT2D eigenvalue weighted by Gasteiger charge is 2.34. The second kappa shape index (κ2) is 7.76. The van der Waals surface area contributed by atoms with E-state index in [1.807, 2.05) is 0 Å². The van der Waals surface area contributed by atoms with Gasteiger partial charge < -0.3 is 14.8 Å². The lowest BCUT2D eigenvalue weighted by molar-refractivity contribution is -0.151. The lowest BCUT2D eigenvalue weighted by Crippen LogP contribution is -2.37. The van der Waals surface area contributed by atoms with Crippen molar-refractivity contribution in [3.63, 3.8) is 0 Å². The zero-order valence-electron chi connectivity index (χ0n) is 13.3. The number of amides is 1. The number of esters is 1. The summed E-state index contributed by atoms with van der Waals surface area (Å²) in [7, 11) is 0. The second-order valence-electron chi connectivity index (χ2n) is 5.51. The first-order valence-corrected chi connectivity index (χ1v) is 7.73. The highest BCUT2D eigenvalue weighted by molar-refractivity contribution is 5.89. The Balaban J connectivity index is 2.04. The molecule has 6 nitrogen and oxygen atoms in total. The van der Waals surface area contributed by atoms with Crippen LogP contribution in [0.3, 0.4) is 0 Å². The number of hydrogen-bond acceptors (Lipinski definition) is 5. The van der Waals surface area contributed by atoms with Crippen LogP contribution in [0.4, 0.5) is 5.69 Å². The SMILES string of the molecule is CCOC(=O)C1CCC(=O)C(Oc2cccc(NC(C)=O)c2)C1. The molecule has 0 aliphatic heterocycles. The van der Waals surface area contributed by atoms with Crippen LogP contribution in [0, 0.1) is 5.92 Å². The molecule has 1 fully saturated rings. The zero-order chi connectivity index (χ0) is 16.8. The Kier molecular flexibility index (Phi) is 5.73. The third-order valence-electron chi connectivity index (χ3n) is 3.65. The summed E-state index contributed by atoms with van der Waals surface area (Å²) in [6.07, 6.45) is 0.469. The summed E-state index contributed by atoms with van der Waals surface area (Å²) >= 11 is 0. The number of ether oxygens (including phenoxy) is 2. The van der Waals surface area contributed by atoms with Crippen LogP contribution in [0.5, 0.6) is 5.75 Å². The minimum atomic E-state index is -0.661. The first kappa shape index (κ1) is 17.0. The second-order valence-corrected chi connectivity index (χ2v) is 5.51. The minimum absolute atomic E-state index is 0.0181. The highest BCUT2D eigenvalue weighted by atomic mass is 16.5. The molecule has 1 N–H and O–H groups in total. The predicted octanol–water partition coefficient (Wildman–Crippen LogP) is 2.32. The first-order chi connectivity index (χ1) is 11.0. The van der Waals surface area contributed by atoms with Crippen molar-refractivity contribution in [1.29, 1.82) is 0 Å². The molecule has 1 aliphatic carbocycles. The molecule has 1 aromatic carbocycles. The Morgan fingerprint density at radius 1 is 1.35 bits per heavy atom. The van der Waals surface area contributed by atoms with Gasteiger partial charge >= 0.3 is 5.97 Å². The third-order valence-corrected chi connectivity index (χ3v) is 3.65. The molecule has 0 saturated heterocycles. The van der Waals surface area contributed by atoms with E-state index in [-0.39, 0.29) is 23.6 Å². The van der Waals surface area contributed by atoms with Crippen molar-refractivity contribution in [2.45, 2.75) is 39.2 Å². The number of benzene rings is 1. The van der Waals surface area contributed by atoms with Crippen LogP contribution in [0.15, 0.2) is 24.3 Å². The molecule has 1 aromatic rings. The maximum atomic E-state index is 12.0. The summed E-state index contributed by atoms with van der Waals surface area (Å²) in [6.45, 7) is 3.50. The number of rotatable bonds is 5. The molecule has 6 heteroatoms. The largest absolute Gasteiger partial charge is 0.483 e. The van der Waals surface area contributed by atoms with Crippen molar-refractivity contribution >= 4 is 23.3 Å².